The van der Waals surface area contributed by atoms with Crippen LogP contribution >= 0.6 is 0 Å². The van der Waals surface area contributed by atoms with Crippen molar-refractivity contribution in [3.8, 4) is 0 Å². The van der Waals surface area contributed by atoms with Crippen LogP contribution in [-0.2, 0) is 4.79 Å². The second-order valence-corrected chi connectivity index (χ2v) is 7.33. The molecule has 1 N–H and O–H groups in total. The average Bonchev–Trinajstić information content (AvgIpc) is 2.89. The van der Waals surface area contributed by atoms with Crippen molar-refractivity contribution >= 4 is 23.2 Å². The second-order valence-electron chi connectivity index (χ2n) is 7.33. The Morgan fingerprint density at radius 1 is 1.10 bits per heavy atom. The van der Waals surface area contributed by atoms with E-state index in [-0.39, 0.29) is 23.7 Å². The number of halogens is 1. The minimum absolute atomic E-state index is 0.138. The first-order valence-corrected chi connectivity index (χ1v) is 9.55. The van der Waals surface area contributed by atoms with Crippen molar-refractivity contribution < 1.29 is 18.9 Å². The van der Waals surface area contributed by atoms with Gasteiger partial charge in [-0.1, -0.05) is 29.8 Å². The number of hydrogen-bond donors (Lipinski definition) is 1. The number of carbonyl (C=O) groups excluding carboxylic acids is 2. The summed E-state index contributed by atoms with van der Waals surface area (Å²) >= 11 is 0. The summed E-state index contributed by atoms with van der Waals surface area (Å²) in [6.07, 6.45) is 0. The Morgan fingerprint density at radius 3 is 2.42 bits per heavy atom. The highest BCUT2D eigenvalue weighted by molar-refractivity contribution is 6.01. The summed E-state index contributed by atoms with van der Waals surface area (Å²) in [7, 11) is 0. The van der Waals surface area contributed by atoms with E-state index < -0.39 is 22.7 Å². The number of rotatable bonds is 3. The molecule has 0 unspecified atom stereocenters. The minimum atomic E-state index is -0.655. The van der Waals surface area contributed by atoms with Gasteiger partial charge in [0.15, 0.2) is 0 Å². The van der Waals surface area contributed by atoms with Gasteiger partial charge in [0.05, 0.1) is 11.0 Å². The van der Waals surface area contributed by atoms with Gasteiger partial charge in [-0.05, 0) is 42.8 Å². The molecule has 1 heterocycles. The lowest BCUT2D eigenvalue weighted by Gasteiger charge is -2.31. The molecule has 3 aromatic rings. The van der Waals surface area contributed by atoms with Crippen molar-refractivity contribution in [3.63, 3.8) is 0 Å². The number of fused-ring (bicyclic) bond motifs is 1. The number of non-ortho nitro benzene ring substituents is 1. The molecule has 1 atom stereocenters. The van der Waals surface area contributed by atoms with Gasteiger partial charge >= 0.3 is 0 Å². The number of nitro benzene ring substituents is 1. The van der Waals surface area contributed by atoms with E-state index in [4.69, 9.17) is 0 Å². The molecule has 1 aliphatic heterocycles. The van der Waals surface area contributed by atoms with Gasteiger partial charge in [-0.25, -0.2) is 4.39 Å². The van der Waals surface area contributed by atoms with E-state index in [9.17, 15) is 24.1 Å². The zero-order valence-corrected chi connectivity index (χ0v) is 16.5. The fraction of sp³-hybridized carbons (Fsp3) is 0.130. The lowest BCUT2D eigenvalue weighted by molar-refractivity contribution is -0.384. The molecular weight excluding hydrogens is 401 g/mol. The maximum absolute atomic E-state index is 13.6. The molecule has 7 nitrogen and oxygen atoms in total. The Morgan fingerprint density at radius 2 is 1.77 bits per heavy atom. The van der Waals surface area contributed by atoms with Gasteiger partial charge in [0.2, 0.25) is 5.91 Å². The van der Waals surface area contributed by atoms with E-state index in [1.54, 1.807) is 18.2 Å². The zero-order chi connectivity index (χ0) is 22.1. The molecule has 0 saturated heterocycles. The number of amides is 2. The first-order valence-electron chi connectivity index (χ1n) is 9.55. The summed E-state index contributed by atoms with van der Waals surface area (Å²) < 4.78 is 13.6. The van der Waals surface area contributed by atoms with Gasteiger partial charge in [0.1, 0.15) is 12.4 Å². The van der Waals surface area contributed by atoms with Gasteiger partial charge in [0, 0.05) is 28.9 Å². The molecule has 3 aromatic carbocycles. The van der Waals surface area contributed by atoms with Crippen LogP contribution in [0.4, 0.5) is 15.8 Å². The van der Waals surface area contributed by atoms with Crippen molar-refractivity contribution in [2.75, 3.05) is 11.9 Å². The topological polar surface area (TPSA) is 92.6 Å². The van der Waals surface area contributed by atoms with Crippen LogP contribution in [0.3, 0.4) is 0 Å². The molecule has 0 saturated carbocycles. The Hall–Kier alpha value is -4.07. The number of benzene rings is 3. The van der Waals surface area contributed by atoms with Crippen LogP contribution in [0, 0.1) is 22.9 Å². The third kappa shape index (κ3) is 4.00. The molecule has 4 rings (SSSR count). The summed E-state index contributed by atoms with van der Waals surface area (Å²) in [5.74, 6) is -1.25. The SMILES string of the molecule is Cc1ccc2c(c1)[C@H](c1ccc(F)cc1)N(C(=O)c1ccc([N+](=O)[O-])cc1)CC(=O)N2. The van der Waals surface area contributed by atoms with Crippen molar-refractivity contribution in [2.24, 2.45) is 0 Å². The molecule has 156 valence electrons. The number of aryl methyl sites for hydroxylation is 1. The highest BCUT2D eigenvalue weighted by Crippen LogP contribution is 2.37. The Labute approximate surface area is 177 Å². The highest BCUT2D eigenvalue weighted by Gasteiger charge is 2.34. The largest absolute Gasteiger partial charge is 0.324 e. The van der Waals surface area contributed by atoms with Gasteiger partial charge in [-0.3, -0.25) is 19.7 Å². The number of carbonyl (C=O) groups is 2. The van der Waals surface area contributed by atoms with Gasteiger partial charge < -0.3 is 10.2 Å². The normalized spacial score (nSPS) is 15.6. The summed E-state index contributed by atoms with van der Waals surface area (Å²) in [5.41, 5.74) is 2.92. The minimum Gasteiger partial charge on any atom is -0.324 e. The highest BCUT2D eigenvalue weighted by atomic mass is 19.1. The number of nitrogens with one attached hydrogen (secondary N) is 1. The Kier molecular flexibility index (Phi) is 5.21. The van der Waals surface area contributed by atoms with Crippen molar-refractivity contribution in [3.05, 3.63) is 105 Å². The smallest absolute Gasteiger partial charge is 0.269 e. The van der Waals surface area contributed by atoms with Crippen LogP contribution in [0.2, 0.25) is 0 Å². The summed E-state index contributed by atoms with van der Waals surface area (Å²) in [6, 6.07) is 15.8. The Bertz CT molecular complexity index is 1180. The van der Waals surface area contributed by atoms with Gasteiger partial charge in [0.25, 0.3) is 11.6 Å². The van der Waals surface area contributed by atoms with Crippen LogP contribution in [0.15, 0.2) is 66.7 Å². The summed E-state index contributed by atoms with van der Waals surface area (Å²) in [4.78, 5) is 37.8. The molecule has 0 spiro atoms. The summed E-state index contributed by atoms with van der Waals surface area (Å²) in [6.45, 7) is 1.67. The number of hydrogen-bond acceptors (Lipinski definition) is 4. The molecule has 0 radical (unpaired) electrons. The number of nitrogens with zero attached hydrogens (tertiary/aromatic N) is 2. The average molecular weight is 419 g/mol. The van der Waals surface area contributed by atoms with E-state index in [2.05, 4.69) is 5.32 Å². The Balaban J connectivity index is 1.85. The second kappa shape index (κ2) is 7.98. The fourth-order valence-electron chi connectivity index (χ4n) is 3.71. The summed E-state index contributed by atoms with van der Waals surface area (Å²) in [5, 5.41) is 13.8. The number of nitro groups is 1. The predicted octanol–water partition coefficient (Wildman–Crippen LogP) is 4.23. The standard InChI is InChI=1S/C23H18FN3O4/c1-14-2-11-20-19(12-14)22(15-3-7-17(24)8-4-15)26(13-21(28)25-20)23(29)16-5-9-18(10-6-16)27(30)31/h2-12,22H,13H2,1H3,(H,25,28)/t22-/m0/s1. The van der Waals surface area contributed by atoms with E-state index in [1.807, 2.05) is 19.1 Å². The molecule has 0 aromatic heterocycles. The first kappa shape index (κ1) is 20.2. The first-order chi connectivity index (χ1) is 14.8. The maximum Gasteiger partial charge on any atom is 0.269 e. The van der Waals surface area contributed by atoms with Crippen molar-refractivity contribution in [2.45, 2.75) is 13.0 Å². The third-order valence-electron chi connectivity index (χ3n) is 5.17. The van der Waals surface area contributed by atoms with E-state index in [0.717, 1.165) is 5.56 Å². The lowest BCUT2D eigenvalue weighted by atomic mass is 9.94. The van der Waals surface area contributed by atoms with Gasteiger partial charge in [-0.2, -0.15) is 0 Å². The zero-order valence-electron chi connectivity index (χ0n) is 16.5. The monoisotopic (exact) mass is 419 g/mol. The van der Waals surface area contributed by atoms with Gasteiger partial charge in [-0.15, -0.1) is 0 Å². The van der Waals surface area contributed by atoms with E-state index in [1.165, 1.54) is 41.3 Å². The molecule has 0 aliphatic carbocycles. The van der Waals surface area contributed by atoms with Crippen LogP contribution in [0.25, 0.3) is 0 Å². The van der Waals surface area contributed by atoms with E-state index >= 15 is 0 Å². The molecule has 0 bridgehead atoms. The van der Waals surface area contributed by atoms with Crippen LogP contribution in [0.5, 0.6) is 0 Å². The van der Waals surface area contributed by atoms with Crippen LogP contribution in [0.1, 0.15) is 33.1 Å². The van der Waals surface area contributed by atoms with Crippen LogP contribution < -0.4 is 5.32 Å². The molecule has 2 amide bonds. The lowest BCUT2D eigenvalue weighted by Crippen LogP contribution is -2.39. The molecule has 31 heavy (non-hydrogen) atoms. The molecular formula is C23H18FN3O4. The van der Waals surface area contributed by atoms with E-state index in [0.29, 0.717) is 16.8 Å². The molecule has 1 aliphatic rings. The van der Waals surface area contributed by atoms with Crippen molar-refractivity contribution in [1.82, 2.24) is 4.90 Å². The van der Waals surface area contributed by atoms with Crippen molar-refractivity contribution in [1.29, 1.82) is 0 Å². The number of anilines is 1. The van der Waals surface area contributed by atoms with Crippen LogP contribution in [-0.4, -0.2) is 28.2 Å². The quantitative estimate of drug-likeness (QED) is 0.508. The molecule has 0 fully saturated rings. The molecule has 8 heteroatoms. The fourth-order valence-corrected chi connectivity index (χ4v) is 3.71. The third-order valence-corrected chi connectivity index (χ3v) is 5.17. The maximum atomic E-state index is 13.6. The predicted molar refractivity (Wildman–Crippen MR) is 112 cm³/mol.